The quantitative estimate of drug-likeness (QED) is 0.691. The van der Waals surface area contributed by atoms with Gasteiger partial charge in [-0.05, 0) is 33.6 Å². The SMILES string of the molecule is CC(C)NC(=O)NC(=O)CN1C(C)CCCC1CN. The van der Waals surface area contributed by atoms with Gasteiger partial charge in [-0.15, -0.1) is 0 Å². The van der Waals surface area contributed by atoms with Gasteiger partial charge in [-0.3, -0.25) is 15.0 Å². The van der Waals surface area contributed by atoms with E-state index in [0.29, 0.717) is 12.6 Å². The number of likely N-dealkylation sites (tertiary alicyclic amines) is 1. The molecule has 0 aromatic heterocycles. The average molecular weight is 270 g/mol. The van der Waals surface area contributed by atoms with Crippen molar-refractivity contribution in [2.24, 2.45) is 5.73 Å². The molecule has 6 heteroatoms. The number of nitrogens with zero attached hydrogens (tertiary/aromatic N) is 1. The predicted octanol–water partition coefficient (Wildman–Crippen LogP) is 0.422. The Morgan fingerprint density at radius 1 is 1.37 bits per heavy atom. The van der Waals surface area contributed by atoms with Gasteiger partial charge in [0, 0.05) is 24.7 Å². The summed E-state index contributed by atoms with van der Waals surface area (Å²) in [6.07, 6.45) is 3.24. The summed E-state index contributed by atoms with van der Waals surface area (Å²) < 4.78 is 0. The molecule has 2 atom stereocenters. The molecule has 1 aliphatic rings. The fourth-order valence-corrected chi connectivity index (χ4v) is 2.51. The standard InChI is InChI=1S/C13H26N4O2/c1-9(2)15-13(19)16-12(18)8-17-10(3)5-4-6-11(17)7-14/h9-11H,4-8,14H2,1-3H3,(H2,15,16,18,19). The second kappa shape index (κ2) is 7.45. The molecule has 0 aliphatic carbocycles. The van der Waals surface area contributed by atoms with E-state index in [1.165, 1.54) is 0 Å². The molecular weight excluding hydrogens is 244 g/mol. The molecule has 0 bridgehead atoms. The number of rotatable bonds is 4. The van der Waals surface area contributed by atoms with E-state index in [1.807, 2.05) is 13.8 Å². The van der Waals surface area contributed by atoms with Gasteiger partial charge in [0.25, 0.3) is 0 Å². The van der Waals surface area contributed by atoms with Gasteiger partial charge < -0.3 is 11.1 Å². The van der Waals surface area contributed by atoms with Crippen molar-refractivity contribution in [2.45, 2.75) is 58.2 Å². The van der Waals surface area contributed by atoms with Crippen molar-refractivity contribution >= 4 is 11.9 Å². The third-order valence-corrected chi connectivity index (χ3v) is 3.47. The molecule has 0 aromatic rings. The molecule has 2 unspecified atom stereocenters. The maximum Gasteiger partial charge on any atom is 0.321 e. The molecule has 0 spiro atoms. The highest BCUT2D eigenvalue weighted by Gasteiger charge is 2.28. The van der Waals surface area contributed by atoms with Crippen molar-refractivity contribution in [3.05, 3.63) is 0 Å². The highest BCUT2D eigenvalue weighted by Crippen LogP contribution is 2.21. The molecule has 0 aromatic carbocycles. The number of piperidine rings is 1. The molecule has 1 aliphatic heterocycles. The predicted molar refractivity (Wildman–Crippen MR) is 74.7 cm³/mol. The van der Waals surface area contributed by atoms with Crippen LogP contribution < -0.4 is 16.4 Å². The summed E-state index contributed by atoms with van der Waals surface area (Å²) in [5.74, 6) is -0.273. The Kier molecular flexibility index (Phi) is 6.24. The minimum absolute atomic E-state index is 0.0125. The lowest BCUT2D eigenvalue weighted by Gasteiger charge is -2.39. The minimum Gasteiger partial charge on any atom is -0.336 e. The van der Waals surface area contributed by atoms with Crippen molar-refractivity contribution in [3.8, 4) is 0 Å². The maximum absolute atomic E-state index is 11.9. The van der Waals surface area contributed by atoms with Gasteiger partial charge in [0.1, 0.15) is 0 Å². The number of amides is 3. The first-order chi connectivity index (χ1) is 8.93. The Morgan fingerprint density at radius 2 is 2.05 bits per heavy atom. The number of imide groups is 1. The van der Waals surface area contributed by atoms with Crippen LogP contribution in [-0.4, -0.2) is 48.1 Å². The van der Waals surface area contributed by atoms with E-state index in [-0.39, 0.29) is 24.5 Å². The van der Waals surface area contributed by atoms with Crippen LogP contribution in [-0.2, 0) is 4.79 Å². The van der Waals surface area contributed by atoms with Crippen molar-refractivity contribution in [1.82, 2.24) is 15.5 Å². The summed E-state index contributed by atoms with van der Waals surface area (Å²) >= 11 is 0. The normalized spacial score (nSPS) is 24.3. The maximum atomic E-state index is 11.9. The van der Waals surface area contributed by atoms with Crippen LogP contribution in [0, 0.1) is 0 Å². The third-order valence-electron chi connectivity index (χ3n) is 3.47. The van der Waals surface area contributed by atoms with E-state index in [0.717, 1.165) is 19.3 Å². The molecule has 1 rings (SSSR count). The number of nitrogens with two attached hydrogens (primary N) is 1. The number of hydrogen-bond acceptors (Lipinski definition) is 4. The lowest BCUT2D eigenvalue weighted by atomic mass is 9.96. The Labute approximate surface area is 115 Å². The zero-order valence-electron chi connectivity index (χ0n) is 12.1. The first-order valence-corrected chi connectivity index (χ1v) is 7.00. The summed E-state index contributed by atoms with van der Waals surface area (Å²) in [6, 6.07) is 0.149. The molecule has 4 N–H and O–H groups in total. The van der Waals surface area contributed by atoms with Crippen molar-refractivity contribution in [2.75, 3.05) is 13.1 Å². The molecule has 1 fully saturated rings. The molecule has 1 heterocycles. The highest BCUT2D eigenvalue weighted by atomic mass is 16.2. The summed E-state index contributed by atoms with van der Waals surface area (Å²) in [4.78, 5) is 25.4. The van der Waals surface area contributed by atoms with Crippen molar-refractivity contribution in [3.63, 3.8) is 0 Å². The van der Waals surface area contributed by atoms with Gasteiger partial charge in [0.15, 0.2) is 0 Å². The van der Waals surface area contributed by atoms with E-state index in [2.05, 4.69) is 22.5 Å². The number of nitrogens with one attached hydrogen (secondary N) is 2. The summed E-state index contributed by atoms with van der Waals surface area (Å²) in [6.45, 7) is 6.58. The van der Waals surface area contributed by atoms with Crippen LogP contribution in [0.15, 0.2) is 0 Å². The number of carbonyl (C=O) groups excluding carboxylic acids is 2. The Bertz CT molecular complexity index is 320. The average Bonchev–Trinajstić information content (AvgIpc) is 2.30. The zero-order chi connectivity index (χ0) is 14.4. The van der Waals surface area contributed by atoms with E-state index < -0.39 is 6.03 Å². The van der Waals surface area contributed by atoms with E-state index in [4.69, 9.17) is 5.73 Å². The van der Waals surface area contributed by atoms with Crippen LogP contribution >= 0.6 is 0 Å². The molecule has 1 saturated heterocycles. The first-order valence-electron chi connectivity index (χ1n) is 7.00. The number of hydrogen-bond donors (Lipinski definition) is 3. The van der Waals surface area contributed by atoms with Crippen LogP contribution in [0.5, 0.6) is 0 Å². The summed E-state index contributed by atoms with van der Waals surface area (Å²) in [5.41, 5.74) is 5.75. The fraction of sp³-hybridized carbons (Fsp3) is 0.846. The van der Waals surface area contributed by atoms with Crippen LogP contribution in [0.1, 0.15) is 40.0 Å². The second-order valence-electron chi connectivity index (χ2n) is 5.52. The van der Waals surface area contributed by atoms with Crippen LogP contribution in [0.4, 0.5) is 4.79 Å². The lowest BCUT2D eigenvalue weighted by molar-refractivity contribution is -0.122. The van der Waals surface area contributed by atoms with Crippen molar-refractivity contribution < 1.29 is 9.59 Å². The van der Waals surface area contributed by atoms with Gasteiger partial charge in [-0.1, -0.05) is 6.42 Å². The van der Waals surface area contributed by atoms with Crippen molar-refractivity contribution in [1.29, 1.82) is 0 Å². The molecule has 110 valence electrons. The van der Waals surface area contributed by atoms with Gasteiger partial charge in [0.2, 0.25) is 5.91 Å². The summed E-state index contributed by atoms with van der Waals surface area (Å²) in [5, 5.41) is 4.99. The van der Waals surface area contributed by atoms with Crippen LogP contribution in [0.2, 0.25) is 0 Å². The lowest BCUT2D eigenvalue weighted by Crippen LogP contribution is -2.54. The van der Waals surface area contributed by atoms with Gasteiger partial charge >= 0.3 is 6.03 Å². The highest BCUT2D eigenvalue weighted by molar-refractivity contribution is 5.95. The molecule has 19 heavy (non-hydrogen) atoms. The topological polar surface area (TPSA) is 87.5 Å². The van der Waals surface area contributed by atoms with Gasteiger partial charge in [-0.25, -0.2) is 4.79 Å². The Hall–Kier alpha value is -1.14. The minimum atomic E-state index is -0.436. The first kappa shape index (κ1) is 15.9. The Morgan fingerprint density at radius 3 is 2.63 bits per heavy atom. The fourth-order valence-electron chi connectivity index (χ4n) is 2.51. The van der Waals surface area contributed by atoms with Gasteiger partial charge in [-0.2, -0.15) is 0 Å². The molecule has 6 nitrogen and oxygen atoms in total. The van der Waals surface area contributed by atoms with Crippen LogP contribution in [0.3, 0.4) is 0 Å². The third kappa shape index (κ3) is 5.16. The molecular formula is C13H26N4O2. The summed E-state index contributed by atoms with van der Waals surface area (Å²) in [7, 11) is 0. The zero-order valence-corrected chi connectivity index (χ0v) is 12.1. The smallest absolute Gasteiger partial charge is 0.321 e. The molecule has 0 radical (unpaired) electrons. The van der Waals surface area contributed by atoms with E-state index >= 15 is 0 Å². The number of urea groups is 1. The molecule has 3 amide bonds. The monoisotopic (exact) mass is 270 g/mol. The largest absolute Gasteiger partial charge is 0.336 e. The van der Waals surface area contributed by atoms with Gasteiger partial charge in [0.05, 0.1) is 6.54 Å². The van der Waals surface area contributed by atoms with E-state index in [1.54, 1.807) is 0 Å². The second-order valence-corrected chi connectivity index (χ2v) is 5.52. The van der Waals surface area contributed by atoms with E-state index in [9.17, 15) is 9.59 Å². The molecule has 0 saturated carbocycles. The van der Waals surface area contributed by atoms with Crippen LogP contribution in [0.25, 0.3) is 0 Å². The Balaban J connectivity index is 2.47. The number of carbonyl (C=O) groups is 2.